The number of aryl methyl sites for hydroxylation is 1. The van der Waals surface area contributed by atoms with Crippen LogP contribution >= 0.6 is 0 Å². The van der Waals surface area contributed by atoms with Crippen molar-refractivity contribution in [3.05, 3.63) is 29.3 Å². The summed E-state index contributed by atoms with van der Waals surface area (Å²) >= 11 is 0. The van der Waals surface area contributed by atoms with Gasteiger partial charge in [-0.1, -0.05) is 24.1 Å². The molecule has 3 heteroatoms. The van der Waals surface area contributed by atoms with E-state index in [0.29, 0.717) is 0 Å². The molecule has 2 N–H and O–H groups in total. The van der Waals surface area contributed by atoms with Crippen molar-refractivity contribution >= 4 is 0 Å². The van der Waals surface area contributed by atoms with E-state index in [9.17, 15) is 0 Å². The lowest BCUT2D eigenvalue weighted by Gasteiger charge is -2.31. The maximum atomic E-state index is 6.35. The Kier molecular flexibility index (Phi) is 4.83. The summed E-state index contributed by atoms with van der Waals surface area (Å²) in [6.45, 7) is 4.14. The number of likely N-dealkylation sites (N-methyl/N-ethyl adjacent to an activating group) is 1. The first kappa shape index (κ1) is 14.4. The van der Waals surface area contributed by atoms with Gasteiger partial charge in [-0.15, -0.1) is 0 Å². The summed E-state index contributed by atoms with van der Waals surface area (Å²) in [5.41, 5.74) is 8.70. The van der Waals surface area contributed by atoms with Gasteiger partial charge in [-0.2, -0.15) is 0 Å². The van der Waals surface area contributed by atoms with Crippen LogP contribution in [-0.2, 0) is 0 Å². The normalized spacial score (nSPS) is 17.3. The standard InChI is InChI=1S/C16H26N2O/c1-12-7-8-16(19-3)14(9-12)15(17)11-18(2)10-13-5-4-6-13/h7-9,13,15H,4-6,10-11,17H2,1-3H3. The summed E-state index contributed by atoms with van der Waals surface area (Å²) in [5.74, 6) is 1.78. The van der Waals surface area contributed by atoms with E-state index in [1.165, 1.54) is 31.4 Å². The van der Waals surface area contributed by atoms with Crippen LogP contribution in [0.5, 0.6) is 5.75 Å². The van der Waals surface area contributed by atoms with Crippen LogP contribution in [0.15, 0.2) is 18.2 Å². The quantitative estimate of drug-likeness (QED) is 0.856. The molecule has 0 heterocycles. The molecule has 0 saturated heterocycles. The van der Waals surface area contributed by atoms with Gasteiger partial charge in [0.25, 0.3) is 0 Å². The van der Waals surface area contributed by atoms with E-state index in [-0.39, 0.29) is 6.04 Å². The Labute approximate surface area is 116 Å². The molecule has 0 radical (unpaired) electrons. The van der Waals surface area contributed by atoms with E-state index in [2.05, 4.69) is 31.0 Å². The molecule has 0 bridgehead atoms. The van der Waals surface area contributed by atoms with E-state index in [4.69, 9.17) is 10.5 Å². The molecule has 1 atom stereocenters. The predicted octanol–water partition coefficient (Wildman–Crippen LogP) is 2.74. The first-order valence-corrected chi connectivity index (χ1v) is 7.19. The van der Waals surface area contributed by atoms with Gasteiger partial charge >= 0.3 is 0 Å². The number of nitrogens with zero attached hydrogens (tertiary/aromatic N) is 1. The van der Waals surface area contributed by atoms with Gasteiger partial charge in [-0.05, 0) is 38.8 Å². The first-order valence-electron chi connectivity index (χ1n) is 7.19. The zero-order valence-electron chi connectivity index (χ0n) is 12.4. The fraction of sp³-hybridized carbons (Fsp3) is 0.625. The molecule has 1 aliphatic rings. The van der Waals surface area contributed by atoms with E-state index in [1.54, 1.807) is 7.11 Å². The molecule has 1 aliphatic carbocycles. The SMILES string of the molecule is COc1ccc(C)cc1C(N)CN(C)CC1CCC1. The van der Waals surface area contributed by atoms with E-state index in [1.807, 2.05) is 6.07 Å². The number of nitrogens with two attached hydrogens (primary N) is 1. The van der Waals surface area contributed by atoms with Gasteiger partial charge in [-0.25, -0.2) is 0 Å². The summed E-state index contributed by atoms with van der Waals surface area (Å²) < 4.78 is 5.42. The molecular formula is C16H26N2O. The second-order valence-corrected chi connectivity index (χ2v) is 5.87. The van der Waals surface area contributed by atoms with Crippen molar-refractivity contribution < 1.29 is 4.74 Å². The third kappa shape index (κ3) is 3.71. The summed E-state index contributed by atoms with van der Waals surface area (Å²) in [6.07, 6.45) is 4.16. The van der Waals surface area contributed by atoms with Crippen molar-refractivity contribution in [2.24, 2.45) is 11.7 Å². The van der Waals surface area contributed by atoms with Crippen LogP contribution in [0, 0.1) is 12.8 Å². The van der Waals surface area contributed by atoms with Crippen LogP contribution in [0.3, 0.4) is 0 Å². The lowest BCUT2D eigenvalue weighted by molar-refractivity contribution is 0.197. The first-order chi connectivity index (χ1) is 9.10. The summed E-state index contributed by atoms with van der Waals surface area (Å²) in [4.78, 5) is 2.36. The van der Waals surface area contributed by atoms with E-state index in [0.717, 1.165) is 23.8 Å². The smallest absolute Gasteiger partial charge is 0.123 e. The van der Waals surface area contributed by atoms with Crippen molar-refractivity contribution in [2.75, 3.05) is 27.2 Å². The van der Waals surface area contributed by atoms with Crippen LogP contribution in [-0.4, -0.2) is 32.1 Å². The summed E-state index contributed by atoms with van der Waals surface area (Å²) in [7, 11) is 3.87. The van der Waals surface area contributed by atoms with E-state index < -0.39 is 0 Å². The highest BCUT2D eigenvalue weighted by Gasteiger charge is 2.21. The summed E-state index contributed by atoms with van der Waals surface area (Å²) in [6, 6.07) is 6.23. The Balaban J connectivity index is 1.97. The van der Waals surface area contributed by atoms with Crippen molar-refractivity contribution in [2.45, 2.75) is 32.2 Å². The zero-order valence-corrected chi connectivity index (χ0v) is 12.4. The van der Waals surface area contributed by atoms with Gasteiger partial charge < -0.3 is 15.4 Å². The van der Waals surface area contributed by atoms with E-state index >= 15 is 0 Å². The Bertz CT molecular complexity index is 415. The Morgan fingerprint density at radius 3 is 2.74 bits per heavy atom. The topological polar surface area (TPSA) is 38.5 Å². The molecule has 0 amide bonds. The van der Waals surface area contributed by atoms with Gasteiger partial charge in [0.15, 0.2) is 0 Å². The highest BCUT2D eigenvalue weighted by atomic mass is 16.5. The number of methoxy groups -OCH3 is 1. The zero-order chi connectivity index (χ0) is 13.8. The average Bonchev–Trinajstić information content (AvgIpc) is 2.33. The molecule has 1 fully saturated rings. The Morgan fingerprint density at radius 1 is 1.42 bits per heavy atom. The number of rotatable bonds is 6. The molecular weight excluding hydrogens is 236 g/mol. The number of hydrogen-bond acceptors (Lipinski definition) is 3. The summed E-state index contributed by atoms with van der Waals surface area (Å²) in [5, 5.41) is 0. The van der Waals surface area contributed by atoms with Gasteiger partial charge in [0.2, 0.25) is 0 Å². The minimum atomic E-state index is 0.0138. The largest absolute Gasteiger partial charge is 0.496 e. The molecule has 1 saturated carbocycles. The van der Waals surface area contributed by atoms with Crippen LogP contribution in [0.25, 0.3) is 0 Å². The highest BCUT2D eigenvalue weighted by molar-refractivity contribution is 5.39. The molecule has 0 aromatic heterocycles. The second kappa shape index (κ2) is 6.40. The fourth-order valence-electron chi connectivity index (χ4n) is 2.77. The van der Waals surface area contributed by atoms with Crippen LogP contribution in [0.2, 0.25) is 0 Å². The van der Waals surface area contributed by atoms with Crippen LogP contribution in [0.4, 0.5) is 0 Å². The molecule has 1 unspecified atom stereocenters. The number of ether oxygens (including phenoxy) is 1. The van der Waals surface area contributed by atoms with Crippen molar-refractivity contribution in [3.8, 4) is 5.75 Å². The van der Waals surface area contributed by atoms with Gasteiger partial charge in [0.05, 0.1) is 7.11 Å². The molecule has 0 aliphatic heterocycles. The number of hydrogen-bond donors (Lipinski definition) is 1. The van der Waals surface area contributed by atoms with Crippen molar-refractivity contribution in [1.29, 1.82) is 0 Å². The minimum Gasteiger partial charge on any atom is -0.496 e. The Hall–Kier alpha value is -1.06. The highest BCUT2D eigenvalue weighted by Crippen LogP contribution is 2.28. The molecule has 2 rings (SSSR count). The average molecular weight is 262 g/mol. The van der Waals surface area contributed by atoms with Crippen LogP contribution < -0.4 is 10.5 Å². The minimum absolute atomic E-state index is 0.0138. The lowest BCUT2D eigenvalue weighted by Crippen LogP contribution is -2.35. The van der Waals surface area contributed by atoms with Gasteiger partial charge in [0.1, 0.15) is 5.75 Å². The third-order valence-corrected chi connectivity index (χ3v) is 4.09. The molecule has 0 spiro atoms. The van der Waals surface area contributed by atoms with Crippen LogP contribution in [0.1, 0.15) is 36.4 Å². The molecule has 1 aromatic rings. The third-order valence-electron chi connectivity index (χ3n) is 4.09. The van der Waals surface area contributed by atoms with Crippen molar-refractivity contribution in [3.63, 3.8) is 0 Å². The fourth-order valence-corrected chi connectivity index (χ4v) is 2.77. The van der Waals surface area contributed by atoms with Crippen molar-refractivity contribution in [1.82, 2.24) is 4.90 Å². The van der Waals surface area contributed by atoms with Gasteiger partial charge in [0, 0.05) is 24.7 Å². The molecule has 106 valence electrons. The molecule has 19 heavy (non-hydrogen) atoms. The second-order valence-electron chi connectivity index (χ2n) is 5.87. The van der Waals surface area contributed by atoms with Gasteiger partial charge in [-0.3, -0.25) is 0 Å². The monoisotopic (exact) mass is 262 g/mol. The lowest BCUT2D eigenvalue weighted by atomic mass is 9.85. The predicted molar refractivity (Wildman–Crippen MR) is 79.5 cm³/mol. The maximum absolute atomic E-state index is 6.35. The molecule has 3 nitrogen and oxygen atoms in total. The maximum Gasteiger partial charge on any atom is 0.123 e. The molecule has 1 aromatic carbocycles. The Morgan fingerprint density at radius 2 is 2.16 bits per heavy atom. The number of benzene rings is 1.